The predicted octanol–water partition coefficient (Wildman–Crippen LogP) is 6.87. The van der Waals surface area contributed by atoms with E-state index in [1.165, 1.54) is 19.2 Å². The summed E-state index contributed by atoms with van der Waals surface area (Å²) in [6.45, 7) is 6.88. The number of aryl methyl sites for hydroxylation is 1. The molecule has 6 rings (SSSR count). The third-order valence-electron chi connectivity index (χ3n) is 7.77. The Kier molecular flexibility index (Phi) is 10.8. The van der Waals surface area contributed by atoms with Crippen LogP contribution in [-0.2, 0) is 4.79 Å². The number of fused-ring (bicyclic) bond motifs is 2. The summed E-state index contributed by atoms with van der Waals surface area (Å²) in [4.78, 5) is 30.9. The van der Waals surface area contributed by atoms with Crippen molar-refractivity contribution in [3.63, 3.8) is 0 Å². The molecule has 1 aliphatic carbocycles. The van der Waals surface area contributed by atoms with E-state index in [2.05, 4.69) is 29.0 Å². The number of amides is 1. The van der Waals surface area contributed by atoms with Crippen LogP contribution in [0.1, 0.15) is 58.9 Å². The highest BCUT2D eigenvalue weighted by Gasteiger charge is 2.36. The molecule has 1 fully saturated rings. The van der Waals surface area contributed by atoms with Crippen LogP contribution in [0.15, 0.2) is 42.5 Å². The second kappa shape index (κ2) is 14.3. The molecule has 0 radical (unpaired) electrons. The molecule has 44 heavy (non-hydrogen) atoms. The van der Waals surface area contributed by atoms with Gasteiger partial charge in [-0.15, -0.1) is 0 Å². The summed E-state index contributed by atoms with van der Waals surface area (Å²) in [6.07, 6.45) is 2.12. The highest BCUT2D eigenvalue weighted by molar-refractivity contribution is 6.32. The van der Waals surface area contributed by atoms with E-state index in [1.54, 1.807) is 31.4 Å². The second-order valence-electron chi connectivity index (χ2n) is 10.6. The molecule has 2 aromatic carbocycles. The zero-order chi connectivity index (χ0) is 32.1. The van der Waals surface area contributed by atoms with Gasteiger partial charge in [0.25, 0.3) is 5.91 Å². The Morgan fingerprint density at radius 3 is 2.52 bits per heavy atom. The third kappa shape index (κ3) is 6.80. The largest absolute Gasteiger partial charge is 0.494 e. The van der Waals surface area contributed by atoms with Crippen molar-refractivity contribution in [2.75, 3.05) is 27.3 Å². The number of ether oxygens (including phenoxy) is 2. The van der Waals surface area contributed by atoms with Gasteiger partial charge in [0, 0.05) is 46.2 Å². The van der Waals surface area contributed by atoms with E-state index in [9.17, 15) is 9.18 Å². The van der Waals surface area contributed by atoms with Crippen LogP contribution in [0.3, 0.4) is 0 Å². The first-order chi connectivity index (χ1) is 21.2. The molecule has 1 aliphatic heterocycles. The number of benzene rings is 2. The molecule has 3 N–H and O–H groups in total. The quantitative estimate of drug-likeness (QED) is 0.226. The van der Waals surface area contributed by atoms with E-state index in [-0.39, 0.29) is 22.8 Å². The number of carbonyl (C=O) groups excluding carboxylic acids is 2. The number of pyridine rings is 2. The molecular formula is C33H35Cl2FN4O4. The number of carbonyl (C=O) groups is 2. The summed E-state index contributed by atoms with van der Waals surface area (Å²) in [7, 11) is 3.06. The molecule has 4 aromatic rings. The molecule has 11 heteroatoms. The number of methoxy groups -OCH3 is 1. The molecule has 2 aromatic heterocycles. The fourth-order valence-electron chi connectivity index (χ4n) is 5.34. The van der Waals surface area contributed by atoms with Gasteiger partial charge >= 0.3 is 0 Å². The summed E-state index contributed by atoms with van der Waals surface area (Å²) in [5, 5.41) is 4.43. The number of nitrogens with zero attached hydrogens (tertiary/aromatic N) is 2. The Morgan fingerprint density at radius 1 is 1.14 bits per heavy atom. The van der Waals surface area contributed by atoms with Crippen LogP contribution >= 0.6 is 23.2 Å². The molecular weight excluding hydrogens is 606 g/mol. The van der Waals surface area contributed by atoms with Gasteiger partial charge in [0.2, 0.25) is 0 Å². The lowest BCUT2D eigenvalue weighted by Gasteiger charge is -2.20. The number of rotatable bonds is 7. The Labute approximate surface area is 266 Å². The third-order valence-corrected chi connectivity index (χ3v) is 8.46. The summed E-state index contributed by atoms with van der Waals surface area (Å²) in [5.74, 6) is 1.04. The van der Waals surface area contributed by atoms with Crippen LogP contribution in [0, 0.1) is 18.7 Å². The molecule has 8 nitrogen and oxygen atoms in total. The van der Waals surface area contributed by atoms with Gasteiger partial charge in [-0.05, 0) is 69.1 Å². The van der Waals surface area contributed by atoms with E-state index in [0.717, 1.165) is 29.5 Å². The lowest BCUT2D eigenvalue weighted by Crippen LogP contribution is -2.29. The Balaban J connectivity index is 0.00000106. The van der Waals surface area contributed by atoms with Crippen LogP contribution < -0.4 is 20.5 Å². The fraction of sp³-hybridized carbons (Fsp3) is 0.333. The van der Waals surface area contributed by atoms with E-state index < -0.39 is 5.82 Å². The smallest absolute Gasteiger partial charge is 0.251 e. The topological polar surface area (TPSA) is 116 Å². The molecule has 1 amide bonds. The number of nitrogens with one attached hydrogen (secondary N) is 1. The highest BCUT2D eigenvalue weighted by Crippen LogP contribution is 2.47. The average molecular weight is 642 g/mol. The minimum atomic E-state index is -0.505. The Morgan fingerprint density at radius 2 is 1.86 bits per heavy atom. The number of halogens is 3. The number of aromatic nitrogens is 2. The van der Waals surface area contributed by atoms with Crippen molar-refractivity contribution in [1.29, 1.82) is 0 Å². The van der Waals surface area contributed by atoms with E-state index >= 15 is 0 Å². The van der Waals surface area contributed by atoms with Crippen molar-refractivity contribution in [2.45, 2.75) is 38.5 Å². The first-order valence-electron chi connectivity index (χ1n) is 14.2. The van der Waals surface area contributed by atoms with Gasteiger partial charge < -0.3 is 25.3 Å². The van der Waals surface area contributed by atoms with Gasteiger partial charge in [-0.1, -0.05) is 36.2 Å². The maximum atomic E-state index is 14.4. The Hall–Kier alpha value is -3.79. The molecule has 1 saturated carbocycles. The maximum absolute atomic E-state index is 14.4. The number of nitrogens with two attached hydrogens (primary N) is 1. The molecule has 0 saturated heterocycles. The van der Waals surface area contributed by atoms with Crippen LogP contribution in [0.25, 0.3) is 22.2 Å². The van der Waals surface area contributed by atoms with Crippen LogP contribution in [-0.4, -0.2) is 50.0 Å². The van der Waals surface area contributed by atoms with Crippen molar-refractivity contribution < 1.29 is 23.5 Å². The first kappa shape index (κ1) is 33.1. The Bertz CT molecular complexity index is 1680. The van der Waals surface area contributed by atoms with Gasteiger partial charge in [-0.25, -0.2) is 14.4 Å². The number of hydrogen-bond acceptors (Lipinski definition) is 7. The molecule has 0 bridgehead atoms. The van der Waals surface area contributed by atoms with Crippen molar-refractivity contribution in [1.82, 2.24) is 15.3 Å². The lowest BCUT2D eigenvalue weighted by molar-refractivity contribution is -0.0980. The van der Waals surface area contributed by atoms with Crippen LogP contribution in [0.2, 0.25) is 10.0 Å². The number of hydrogen-bond donors (Lipinski definition) is 2. The van der Waals surface area contributed by atoms with Crippen molar-refractivity contribution in [2.24, 2.45) is 11.7 Å². The molecule has 2 atom stereocenters. The second-order valence-corrected chi connectivity index (χ2v) is 11.4. The maximum Gasteiger partial charge on any atom is 0.251 e. The van der Waals surface area contributed by atoms with Gasteiger partial charge in [0.05, 0.1) is 29.5 Å². The minimum absolute atomic E-state index is 0.000871. The lowest BCUT2D eigenvalue weighted by atomic mass is 9.93. The van der Waals surface area contributed by atoms with E-state index in [4.69, 9.17) is 42.5 Å². The minimum Gasteiger partial charge on any atom is -0.494 e. The zero-order valence-electron chi connectivity index (χ0n) is 25.0. The standard InChI is InChI=1S/C31H28Cl2FN3O3.CH5N.CH2O/c1-15-14-40-30-21(15)12-26(37-29(30)18-6-7-23(32)25(34)10-18)22(17-4-5-17)13-35-31(38)20-8-19-9-24(33)16(2)36-28(19)27(11-20)39-3;2*1-2/h6-12,15,17,22H,4-5,13-14H2,1-3H3,(H,35,38);2H2,1H3;1H2. The van der Waals surface area contributed by atoms with E-state index in [1.807, 2.05) is 13.7 Å². The SMILES string of the molecule is C=O.CN.COc1cc(C(=O)NCC(c2cc3c(c(-c4ccc(Cl)c(F)c4)n2)OCC3C)C2CC2)cc2cc(Cl)c(C)nc12. The molecule has 2 unspecified atom stereocenters. The fourth-order valence-corrected chi connectivity index (χ4v) is 5.62. The molecule has 2 aliphatic rings. The molecule has 232 valence electrons. The van der Waals surface area contributed by atoms with Crippen molar-refractivity contribution in [3.8, 4) is 22.8 Å². The first-order valence-corrected chi connectivity index (χ1v) is 14.9. The summed E-state index contributed by atoms with van der Waals surface area (Å²) >= 11 is 12.2. The zero-order valence-corrected chi connectivity index (χ0v) is 26.6. The predicted molar refractivity (Wildman–Crippen MR) is 172 cm³/mol. The van der Waals surface area contributed by atoms with Gasteiger partial charge in [0.15, 0.2) is 0 Å². The average Bonchev–Trinajstić information content (AvgIpc) is 3.81. The van der Waals surface area contributed by atoms with E-state index in [0.29, 0.717) is 63.6 Å². The highest BCUT2D eigenvalue weighted by atomic mass is 35.5. The van der Waals surface area contributed by atoms with Crippen LogP contribution in [0.5, 0.6) is 11.5 Å². The monoisotopic (exact) mass is 640 g/mol. The van der Waals surface area contributed by atoms with Gasteiger partial charge in [-0.3, -0.25) is 4.79 Å². The van der Waals surface area contributed by atoms with Crippen molar-refractivity contribution >= 4 is 46.8 Å². The normalized spacial score (nSPS) is 15.6. The van der Waals surface area contributed by atoms with Gasteiger partial charge in [-0.2, -0.15) is 0 Å². The summed E-state index contributed by atoms with van der Waals surface area (Å²) in [6, 6.07) is 12.0. The van der Waals surface area contributed by atoms with Crippen LogP contribution in [0.4, 0.5) is 4.39 Å². The van der Waals surface area contributed by atoms with Crippen molar-refractivity contribution in [3.05, 3.63) is 80.8 Å². The summed E-state index contributed by atoms with van der Waals surface area (Å²) < 4.78 is 25.9. The molecule has 0 spiro atoms. The van der Waals surface area contributed by atoms with Gasteiger partial charge in [0.1, 0.15) is 35.3 Å². The summed E-state index contributed by atoms with van der Waals surface area (Å²) in [5.41, 5.74) is 9.43. The molecule has 3 heterocycles.